The summed E-state index contributed by atoms with van der Waals surface area (Å²) in [7, 11) is 0. The zero-order chi connectivity index (χ0) is 18.6. The molecule has 0 aliphatic heterocycles. The van der Waals surface area contributed by atoms with E-state index in [-0.39, 0.29) is 0 Å². The number of para-hydroxylation sites is 2. The van der Waals surface area contributed by atoms with Gasteiger partial charge < -0.3 is 10.6 Å². The molecule has 2 N–H and O–H groups in total. The van der Waals surface area contributed by atoms with Crippen LogP contribution in [0.1, 0.15) is 37.7 Å². The van der Waals surface area contributed by atoms with Gasteiger partial charge in [0.1, 0.15) is 0 Å². The van der Waals surface area contributed by atoms with Gasteiger partial charge in [0.15, 0.2) is 23.3 Å². The predicted octanol–water partition coefficient (Wildman–Crippen LogP) is 5.26. The van der Waals surface area contributed by atoms with Crippen LogP contribution in [0, 0.1) is 11.6 Å². The molecular formula is C21H22F2N4. The number of benzene rings is 2. The second kappa shape index (κ2) is 7.86. The van der Waals surface area contributed by atoms with E-state index in [2.05, 4.69) is 10.6 Å². The van der Waals surface area contributed by atoms with Crippen LogP contribution in [0.3, 0.4) is 0 Å². The first-order valence-electron chi connectivity index (χ1n) is 9.40. The van der Waals surface area contributed by atoms with Crippen molar-refractivity contribution in [2.24, 2.45) is 0 Å². The maximum Gasteiger partial charge on any atom is 0.170 e. The summed E-state index contributed by atoms with van der Waals surface area (Å²) < 4.78 is 26.6. The van der Waals surface area contributed by atoms with Crippen molar-refractivity contribution in [3.8, 4) is 0 Å². The third-order valence-corrected chi connectivity index (χ3v) is 4.96. The van der Waals surface area contributed by atoms with Crippen molar-refractivity contribution in [2.45, 2.75) is 44.7 Å². The third kappa shape index (κ3) is 4.15. The van der Waals surface area contributed by atoms with Crippen LogP contribution in [-0.4, -0.2) is 16.0 Å². The van der Waals surface area contributed by atoms with Crippen molar-refractivity contribution in [1.82, 2.24) is 9.97 Å². The van der Waals surface area contributed by atoms with Crippen molar-refractivity contribution in [2.75, 3.05) is 10.6 Å². The Hall–Kier alpha value is -2.76. The van der Waals surface area contributed by atoms with Gasteiger partial charge in [-0.2, -0.15) is 0 Å². The number of halogens is 2. The standard InChI is InChI=1S/C21H22F2N4/c22-16-11-10-14(12-17(16)23)13-24-20-21(25-15-6-2-1-3-7-15)27-19-9-5-4-8-18(19)26-20/h4-5,8-12,15H,1-3,6-7,13H2,(H,24,26)(H,25,27). The molecule has 1 heterocycles. The molecule has 1 aromatic heterocycles. The molecule has 4 rings (SSSR count). The number of hydrogen-bond acceptors (Lipinski definition) is 4. The smallest absolute Gasteiger partial charge is 0.170 e. The fraction of sp³-hybridized carbons (Fsp3) is 0.333. The van der Waals surface area contributed by atoms with E-state index < -0.39 is 11.6 Å². The molecule has 6 heteroatoms. The van der Waals surface area contributed by atoms with Crippen molar-refractivity contribution < 1.29 is 8.78 Å². The van der Waals surface area contributed by atoms with Crippen LogP contribution < -0.4 is 10.6 Å². The fourth-order valence-electron chi connectivity index (χ4n) is 3.50. The average molecular weight is 368 g/mol. The van der Waals surface area contributed by atoms with E-state index in [0.29, 0.717) is 29.8 Å². The predicted molar refractivity (Wildman–Crippen MR) is 104 cm³/mol. The molecule has 0 amide bonds. The van der Waals surface area contributed by atoms with Crippen molar-refractivity contribution in [1.29, 1.82) is 0 Å². The normalized spacial score (nSPS) is 15.0. The summed E-state index contributed by atoms with van der Waals surface area (Å²) in [6, 6.07) is 12.0. The Balaban J connectivity index is 1.60. The van der Waals surface area contributed by atoms with Crippen LogP contribution in [0.15, 0.2) is 42.5 Å². The third-order valence-electron chi connectivity index (χ3n) is 4.96. The van der Waals surface area contributed by atoms with Crippen molar-refractivity contribution in [3.05, 3.63) is 59.7 Å². The number of nitrogens with zero attached hydrogens (tertiary/aromatic N) is 2. The van der Waals surface area contributed by atoms with Crippen LogP contribution in [0.2, 0.25) is 0 Å². The maximum absolute atomic E-state index is 13.5. The minimum Gasteiger partial charge on any atom is -0.364 e. The van der Waals surface area contributed by atoms with Crippen LogP contribution in [0.25, 0.3) is 11.0 Å². The van der Waals surface area contributed by atoms with Crippen LogP contribution in [0.4, 0.5) is 20.4 Å². The molecule has 1 saturated carbocycles. The molecule has 1 aliphatic rings. The molecule has 1 aliphatic carbocycles. The van der Waals surface area contributed by atoms with E-state index in [4.69, 9.17) is 9.97 Å². The lowest BCUT2D eigenvalue weighted by atomic mass is 9.95. The molecule has 140 valence electrons. The monoisotopic (exact) mass is 368 g/mol. The molecule has 0 atom stereocenters. The molecule has 0 saturated heterocycles. The zero-order valence-corrected chi connectivity index (χ0v) is 15.0. The lowest BCUT2D eigenvalue weighted by Gasteiger charge is -2.24. The molecule has 0 radical (unpaired) electrons. The van der Waals surface area contributed by atoms with Crippen LogP contribution in [0.5, 0.6) is 0 Å². The highest BCUT2D eigenvalue weighted by Crippen LogP contribution is 2.26. The van der Waals surface area contributed by atoms with Crippen LogP contribution in [-0.2, 0) is 6.54 Å². The van der Waals surface area contributed by atoms with Crippen molar-refractivity contribution in [3.63, 3.8) is 0 Å². The molecule has 2 aromatic carbocycles. The van der Waals surface area contributed by atoms with E-state index >= 15 is 0 Å². The first-order chi connectivity index (χ1) is 13.2. The number of fused-ring (bicyclic) bond motifs is 1. The molecule has 4 nitrogen and oxygen atoms in total. The first kappa shape index (κ1) is 17.6. The Morgan fingerprint density at radius 1 is 0.852 bits per heavy atom. The van der Waals surface area contributed by atoms with Gasteiger partial charge in [-0.3, -0.25) is 0 Å². The summed E-state index contributed by atoms with van der Waals surface area (Å²) in [6.45, 7) is 0.337. The maximum atomic E-state index is 13.5. The van der Waals surface area contributed by atoms with E-state index in [9.17, 15) is 8.78 Å². The number of nitrogens with one attached hydrogen (secondary N) is 2. The van der Waals surface area contributed by atoms with Gasteiger partial charge in [-0.15, -0.1) is 0 Å². The molecule has 3 aromatic rings. The van der Waals surface area contributed by atoms with E-state index in [1.807, 2.05) is 24.3 Å². The van der Waals surface area contributed by atoms with Crippen LogP contribution >= 0.6 is 0 Å². The minimum absolute atomic E-state index is 0.337. The molecule has 0 spiro atoms. The molecular weight excluding hydrogens is 346 g/mol. The molecule has 1 fully saturated rings. The van der Waals surface area contributed by atoms with E-state index in [1.165, 1.54) is 25.3 Å². The molecule has 0 bridgehead atoms. The SMILES string of the molecule is Fc1ccc(CNc2nc3ccccc3nc2NC2CCCCC2)cc1F. The van der Waals surface area contributed by atoms with Gasteiger partial charge in [0.05, 0.1) is 11.0 Å². The average Bonchev–Trinajstić information content (AvgIpc) is 2.69. The van der Waals surface area contributed by atoms with Gasteiger partial charge >= 0.3 is 0 Å². The van der Waals surface area contributed by atoms with E-state index in [0.717, 1.165) is 29.9 Å². The van der Waals surface area contributed by atoms with Gasteiger partial charge in [0.25, 0.3) is 0 Å². The lowest BCUT2D eigenvalue weighted by molar-refractivity contribution is 0.462. The second-order valence-corrected chi connectivity index (χ2v) is 6.99. The summed E-state index contributed by atoms with van der Waals surface area (Å²) >= 11 is 0. The topological polar surface area (TPSA) is 49.8 Å². The highest BCUT2D eigenvalue weighted by Gasteiger charge is 2.17. The summed E-state index contributed by atoms with van der Waals surface area (Å²) in [5, 5.41) is 6.76. The Kier molecular flexibility index (Phi) is 5.14. The number of hydrogen-bond donors (Lipinski definition) is 2. The Bertz CT molecular complexity index is 939. The summed E-state index contributed by atoms with van der Waals surface area (Å²) in [5.41, 5.74) is 2.26. The van der Waals surface area contributed by atoms with E-state index in [1.54, 1.807) is 6.07 Å². The highest BCUT2D eigenvalue weighted by molar-refractivity contribution is 5.80. The number of aromatic nitrogens is 2. The Labute approximate surface area is 157 Å². The largest absolute Gasteiger partial charge is 0.364 e. The Morgan fingerprint density at radius 2 is 1.56 bits per heavy atom. The number of anilines is 2. The fourth-order valence-corrected chi connectivity index (χ4v) is 3.50. The number of rotatable bonds is 5. The summed E-state index contributed by atoms with van der Waals surface area (Å²) in [6.07, 6.45) is 5.96. The summed E-state index contributed by atoms with van der Waals surface area (Å²) in [5.74, 6) is -0.351. The summed E-state index contributed by atoms with van der Waals surface area (Å²) in [4.78, 5) is 9.43. The van der Waals surface area contributed by atoms with Gasteiger partial charge in [-0.25, -0.2) is 18.7 Å². The lowest BCUT2D eigenvalue weighted by Crippen LogP contribution is -2.24. The minimum atomic E-state index is -0.848. The van der Waals surface area contributed by atoms with Gasteiger partial charge in [0.2, 0.25) is 0 Å². The quantitative estimate of drug-likeness (QED) is 0.645. The van der Waals surface area contributed by atoms with Gasteiger partial charge in [-0.1, -0.05) is 37.5 Å². The molecule has 0 unspecified atom stereocenters. The Morgan fingerprint density at radius 3 is 2.26 bits per heavy atom. The zero-order valence-electron chi connectivity index (χ0n) is 15.0. The van der Waals surface area contributed by atoms with Gasteiger partial charge in [-0.05, 0) is 42.7 Å². The van der Waals surface area contributed by atoms with Crippen molar-refractivity contribution >= 4 is 22.7 Å². The molecule has 27 heavy (non-hydrogen) atoms. The van der Waals surface area contributed by atoms with Gasteiger partial charge in [0, 0.05) is 12.6 Å². The highest BCUT2D eigenvalue weighted by atomic mass is 19.2. The first-order valence-corrected chi connectivity index (χ1v) is 9.40. The second-order valence-electron chi connectivity index (χ2n) is 6.99.